The van der Waals surface area contributed by atoms with Crippen LogP contribution in [0.1, 0.15) is 20.8 Å². The number of thioether (sulfide) groups is 1. The highest BCUT2D eigenvalue weighted by Gasteiger charge is 2.36. The maximum atomic E-state index is 12.2. The van der Waals surface area contributed by atoms with E-state index in [2.05, 4.69) is 17.6 Å². The van der Waals surface area contributed by atoms with E-state index in [0.29, 0.717) is 16.3 Å². The number of methoxy groups -OCH3 is 1. The Labute approximate surface area is 132 Å². The van der Waals surface area contributed by atoms with Gasteiger partial charge in [0.25, 0.3) is 0 Å². The summed E-state index contributed by atoms with van der Waals surface area (Å²) in [5.41, 5.74) is -0.262. The number of rotatable bonds is 1. The van der Waals surface area contributed by atoms with Crippen molar-refractivity contribution >= 4 is 42.3 Å². The molecule has 0 radical (unpaired) electrons. The molecule has 2 heterocycles. The van der Waals surface area contributed by atoms with Crippen LogP contribution < -0.4 is 0 Å². The molecule has 0 bridgehead atoms. The van der Waals surface area contributed by atoms with Crippen LogP contribution in [0.4, 0.5) is 4.79 Å². The molecule has 1 unspecified atom stereocenters. The molecule has 1 amide bonds. The van der Waals surface area contributed by atoms with E-state index in [1.54, 1.807) is 20.8 Å². The van der Waals surface area contributed by atoms with Crippen LogP contribution in [-0.4, -0.2) is 40.2 Å². The Morgan fingerprint density at radius 2 is 2.10 bits per heavy atom. The van der Waals surface area contributed by atoms with Crippen molar-refractivity contribution < 1.29 is 19.1 Å². The molecule has 2 rings (SSSR count). The number of amidine groups is 1. The van der Waals surface area contributed by atoms with E-state index in [1.807, 2.05) is 0 Å². The van der Waals surface area contributed by atoms with Gasteiger partial charge < -0.3 is 9.47 Å². The van der Waals surface area contributed by atoms with Gasteiger partial charge in [-0.1, -0.05) is 11.8 Å². The van der Waals surface area contributed by atoms with Crippen molar-refractivity contribution in [2.45, 2.75) is 31.1 Å². The zero-order chi connectivity index (χ0) is 15.8. The minimum Gasteiger partial charge on any atom is -0.465 e. The van der Waals surface area contributed by atoms with Crippen LogP contribution in [0.5, 0.6) is 0 Å². The molecule has 2 aliphatic heterocycles. The lowest BCUT2D eigenvalue weighted by molar-refractivity contribution is -0.135. The highest BCUT2D eigenvalue weighted by molar-refractivity contribution is 8.14. The molecule has 21 heavy (non-hydrogen) atoms. The van der Waals surface area contributed by atoms with Gasteiger partial charge in [0, 0.05) is 6.20 Å². The van der Waals surface area contributed by atoms with Crippen molar-refractivity contribution in [2.75, 3.05) is 7.11 Å². The second-order valence-electron chi connectivity index (χ2n) is 5.30. The van der Waals surface area contributed by atoms with Gasteiger partial charge in [0.05, 0.1) is 17.6 Å². The molecule has 0 fully saturated rings. The van der Waals surface area contributed by atoms with Gasteiger partial charge in [0.15, 0.2) is 5.84 Å². The number of amides is 1. The molecule has 1 atom stereocenters. The molecule has 8 heteroatoms. The topological polar surface area (TPSA) is 68.2 Å². The Morgan fingerprint density at radius 3 is 2.67 bits per heavy atom. The number of carbonyl (C=O) groups excluding carboxylic acids is 2. The Morgan fingerprint density at radius 1 is 1.43 bits per heavy atom. The zero-order valence-corrected chi connectivity index (χ0v) is 13.8. The Balaban J connectivity index is 2.32. The predicted molar refractivity (Wildman–Crippen MR) is 84.1 cm³/mol. The quantitative estimate of drug-likeness (QED) is 0.592. The number of esters is 1. The fraction of sp³-hybridized carbons (Fsp3) is 0.462. The van der Waals surface area contributed by atoms with Crippen molar-refractivity contribution in [3.8, 4) is 0 Å². The molecule has 0 saturated heterocycles. The summed E-state index contributed by atoms with van der Waals surface area (Å²) in [6, 6.07) is 0. The largest absolute Gasteiger partial charge is 0.465 e. The smallest absolute Gasteiger partial charge is 0.420 e. The second kappa shape index (κ2) is 5.76. The Hall–Kier alpha value is -1.41. The van der Waals surface area contributed by atoms with Crippen molar-refractivity contribution in [2.24, 2.45) is 4.99 Å². The average Bonchev–Trinajstić information content (AvgIpc) is 2.75. The van der Waals surface area contributed by atoms with Gasteiger partial charge in [-0.2, -0.15) is 0 Å². The fourth-order valence-electron chi connectivity index (χ4n) is 1.73. The van der Waals surface area contributed by atoms with Gasteiger partial charge in [0.2, 0.25) is 0 Å². The number of nitrogens with zero attached hydrogens (tertiary/aromatic N) is 2. The van der Waals surface area contributed by atoms with Crippen molar-refractivity contribution in [1.82, 2.24) is 4.90 Å². The highest BCUT2D eigenvalue weighted by atomic mass is 32.2. The van der Waals surface area contributed by atoms with Crippen LogP contribution in [0.3, 0.4) is 0 Å². The summed E-state index contributed by atoms with van der Waals surface area (Å²) in [5, 5.41) is 0. The third-order valence-electron chi connectivity index (χ3n) is 2.52. The van der Waals surface area contributed by atoms with Gasteiger partial charge >= 0.3 is 12.1 Å². The third-order valence-corrected chi connectivity index (χ3v) is 3.90. The first-order valence-electron chi connectivity index (χ1n) is 6.19. The summed E-state index contributed by atoms with van der Waals surface area (Å²) >= 11 is 5.54. The van der Waals surface area contributed by atoms with Crippen molar-refractivity contribution in [3.05, 3.63) is 22.8 Å². The molecule has 6 nitrogen and oxygen atoms in total. The number of hydrogen-bond acceptors (Lipinski definition) is 7. The van der Waals surface area contributed by atoms with Gasteiger partial charge in [0.1, 0.15) is 10.3 Å². The maximum Gasteiger partial charge on any atom is 0.420 e. The van der Waals surface area contributed by atoms with E-state index < -0.39 is 17.7 Å². The Bertz CT molecular complexity index is 575. The van der Waals surface area contributed by atoms with Crippen LogP contribution in [0.15, 0.2) is 27.7 Å². The summed E-state index contributed by atoms with van der Waals surface area (Å²) in [4.78, 5) is 30.1. The molecular formula is C13H16N2O4S2. The van der Waals surface area contributed by atoms with Crippen LogP contribution in [0.2, 0.25) is 0 Å². The van der Waals surface area contributed by atoms with E-state index in [1.165, 1.54) is 36.0 Å². The number of hydrogen-bond donors (Lipinski definition) is 1. The first-order chi connectivity index (χ1) is 9.73. The molecule has 0 aliphatic carbocycles. The second-order valence-corrected chi connectivity index (χ2v) is 7.23. The molecule has 0 aromatic carbocycles. The monoisotopic (exact) mass is 328 g/mol. The predicted octanol–water partition coefficient (Wildman–Crippen LogP) is 2.54. The lowest BCUT2D eigenvalue weighted by Gasteiger charge is -2.27. The standard InChI is InChI=1S/C13H16N2O4S2/c1-13(2,3)19-12(17)15-6-5-7(10(16)18-4)8-9(15)14-11(20)21-8/h5-6,11,20H,1-4H3. The average molecular weight is 328 g/mol. The molecule has 0 aromatic rings. The van der Waals surface area contributed by atoms with E-state index >= 15 is 0 Å². The zero-order valence-electron chi connectivity index (χ0n) is 12.1. The number of fused-ring (bicyclic) bond motifs is 1. The lowest BCUT2D eigenvalue weighted by Crippen LogP contribution is -2.39. The maximum absolute atomic E-state index is 12.2. The lowest BCUT2D eigenvalue weighted by atomic mass is 10.1. The molecule has 0 spiro atoms. The van der Waals surface area contributed by atoms with Crippen LogP contribution in [-0.2, 0) is 14.3 Å². The molecule has 0 aromatic heterocycles. The third kappa shape index (κ3) is 3.44. The van der Waals surface area contributed by atoms with E-state index in [-0.39, 0.29) is 4.71 Å². The van der Waals surface area contributed by atoms with Crippen molar-refractivity contribution in [1.29, 1.82) is 0 Å². The fourth-order valence-corrected chi connectivity index (χ4v) is 3.05. The Kier molecular flexibility index (Phi) is 4.38. The summed E-state index contributed by atoms with van der Waals surface area (Å²) in [5.74, 6) is -0.120. The number of thiol groups is 1. The van der Waals surface area contributed by atoms with Gasteiger partial charge in [-0.3, -0.25) is 0 Å². The molecular weight excluding hydrogens is 312 g/mol. The molecule has 2 aliphatic rings. The summed E-state index contributed by atoms with van der Waals surface area (Å²) < 4.78 is 9.68. The van der Waals surface area contributed by atoms with Crippen LogP contribution in [0.25, 0.3) is 0 Å². The van der Waals surface area contributed by atoms with E-state index in [4.69, 9.17) is 9.47 Å². The first-order valence-corrected chi connectivity index (χ1v) is 7.58. The minimum atomic E-state index is -0.621. The molecule has 114 valence electrons. The number of aliphatic imine (C=N–C) groups is 1. The summed E-state index contributed by atoms with van der Waals surface area (Å²) in [6.45, 7) is 5.34. The number of carbonyl (C=O) groups is 2. The first kappa shape index (κ1) is 16.0. The summed E-state index contributed by atoms with van der Waals surface area (Å²) in [7, 11) is 1.30. The van der Waals surface area contributed by atoms with E-state index in [9.17, 15) is 9.59 Å². The van der Waals surface area contributed by atoms with Gasteiger partial charge in [-0.25, -0.2) is 19.5 Å². The summed E-state index contributed by atoms with van der Waals surface area (Å²) in [6.07, 6.45) is 2.42. The molecule has 0 saturated carbocycles. The SMILES string of the molecule is COC(=O)C1=C2SC(S)N=C2N(C(=O)OC(C)(C)C)C=C1. The van der Waals surface area contributed by atoms with Crippen LogP contribution >= 0.6 is 24.4 Å². The number of ether oxygens (including phenoxy) is 2. The molecule has 0 N–H and O–H groups in total. The normalized spacial score (nSPS) is 21.1. The van der Waals surface area contributed by atoms with Gasteiger partial charge in [-0.15, -0.1) is 12.6 Å². The van der Waals surface area contributed by atoms with Crippen LogP contribution in [0, 0.1) is 0 Å². The highest BCUT2D eigenvalue weighted by Crippen LogP contribution is 2.39. The minimum absolute atomic E-state index is 0.358. The van der Waals surface area contributed by atoms with Crippen molar-refractivity contribution in [3.63, 3.8) is 0 Å². The van der Waals surface area contributed by atoms with E-state index in [0.717, 1.165) is 0 Å². The van der Waals surface area contributed by atoms with Gasteiger partial charge in [-0.05, 0) is 26.8 Å².